The minimum Gasteiger partial charge on any atom is -0.357 e. The maximum absolute atomic E-state index is 6.05. The molecule has 68 valence electrons. The quantitative estimate of drug-likeness (QED) is 0.639. The Balaban J connectivity index is 1.90. The van der Waals surface area contributed by atoms with Crippen LogP contribution in [0, 0.1) is 11.8 Å². The van der Waals surface area contributed by atoms with E-state index in [2.05, 4.69) is 5.32 Å². The molecule has 4 atom stereocenters. The van der Waals surface area contributed by atoms with E-state index in [1.54, 1.807) is 0 Å². The van der Waals surface area contributed by atoms with Gasteiger partial charge in [-0.25, -0.2) is 0 Å². The van der Waals surface area contributed by atoms with Crippen molar-refractivity contribution in [3.05, 3.63) is 0 Å². The summed E-state index contributed by atoms with van der Waals surface area (Å²) in [7, 11) is 2.05. The van der Waals surface area contributed by atoms with Crippen molar-refractivity contribution in [2.24, 2.45) is 11.8 Å². The van der Waals surface area contributed by atoms with Crippen molar-refractivity contribution in [1.29, 1.82) is 0 Å². The van der Waals surface area contributed by atoms with Crippen LogP contribution < -0.4 is 5.32 Å². The molecular formula is C10H17NO. The molecule has 0 amide bonds. The standard InChI is InChI=1S/C10H17NO/c1-11-10-5-7-2-8(6-10)4-9(3-7)12-10/h7-9,11H,2-6H2,1H3/t7-,8+,9+,10-. The van der Waals surface area contributed by atoms with Gasteiger partial charge in [0.1, 0.15) is 5.72 Å². The van der Waals surface area contributed by atoms with E-state index in [0.717, 1.165) is 11.8 Å². The molecule has 12 heavy (non-hydrogen) atoms. The second kappa shape index (κ2) is 2.24. The first-order valence-corrected chi connectivity index (χ1v) is 5.16. The lowest BCUT2D eigenvalue weighted by Crippen LogP contribution is -2.60. The van der Waals surface area contributed by atoms with Gasteiger partial charge in [0, 0.05) is 0 Å². The van der Waals surface area contributed by atoms with Crippen molar-refractivity contribution in [3.8, 4) is 0 Å². The summed E-state index contributed by atoms with van der Waals surface area (Å²) in [5.41, 5.74) is 0.0920. The highest BCUT2D eigenvalue weighted by Crippen LogP contribution is 2.51. The van der Waals surface area contributed by atoms with Crippen LogP contribution in [-0.4, -0.2) is 18.9 Å². The first-order valence-electron chi connectivity index (χ1n) is 5.16. The van der Waals surface area contributed by atoms with Crippen molar-refractivity contribution in [2.75, 3.05) is 7.05 Å². The second-order valence-corrected chi connectivity index (χ2v) is 4.83. The molecule has 2 nitrogen and oxygen atoms in total. The summed E-state index contributed by atoms with van der Waals surface area (Å²) in [5, 5.41) is 3.39. The SMILES string of the molecule is CN[C@]12C[C@@H]3C[C@@H](C[C@H](C3)O1)C2. The fraction of sp³-hybridized carbons (Fsp3) is 1.00. The van der Waals surface area contributed by atoms with Gasteiger partial charge in [-0.05, 0) is 51.0 Å². The normalized spacial score (nSPS) is 56.2. The Morgan fingerprint density at radius 1 is 1.17 bits per heavy atom. The summed E-state index contributed by atoms with van der Waals surface area (Å²) in [5.74, 6) is 1.92. The number of rotatable bonds is 1. The average Bonchev–Trinajstić information content (AvgIpc) is 2.02. The molecule has 2 aliphatic heterocycles. The summed E-state index contributed by atoms with van der Waals surface area (Å²) in [6, 6.07) is 0. The molecule has 2 saturated heterocycles. The third-order valence-corrected chi connectivity index (χ3v) is 3.94. The lowest BCUT2D eigenvalue weighted by Gasteiger charge is -2.56. The average molecular weight is 167 g/mol. The van der Waals surface area contributed by atoms with Gasteiger partial charge in [0.05, 0.1) is 6.10 Å². The topological polar surface area (TPSA) is 21.3 Å². The van der Waals surface area contributed by atoms with E-state index in [1.807, 2.05) is 7.05 Å². The molecule has 2 heterocycles. The van der Waals surface area contributed by atoms with E-state index in [-0.39, 0.29) is 5.72 Å². The molecule has 2 heteroatoms. The summed E-state index contributed by atoms with van der Waals surface area (Å²) in [4.78, 5) is 0. The highest BCUT2D eigenvalue weighted by Gasteiger charge is 2.51. The molecule has 4 rings (SSSR count). The van der Waals surface area contributed by atoms with Crippen LogP contribution >= 0.6 is 0 Å². The van der Waals surface area contributed by atoms with E-state index in [0.29, 0.717) is 6.10 Å². The summed E-state index contributed by atoms with van der Waals surface area (Å²) >= 11 is 0. The molecule has 0 aromatic carbocycles. The summed E-state index contributed by atoms with van der Waals surface area (Å²) < 4.78 is 6.05. The Bertz CT molecular complexity index is 167. The predicted octanol–water partition coefficient (Wildman–Crippen LogP) is 1.51. The van der Waals surface area contributed by atoms with Gasteiger partial charge in [-0.3, -0.25) is 5.32 Å². The van der Waals surface area contributed by atoms with Gasteiger partial charge < -0.3 is 4.74 Å². The van der Waals surface area contributed by atoms with Crippen LogP contribution in [0.4, 0.5) is 0 Å². The van der Waals surface area contributed by atoms with Crippen LogP contribution in [-0.2, 0) is 4.74 Å². The summed E-state index contributed by atoms with van der Waals surface area (Å²) in [6.45, 7) is 0. The van der Waals surface area contributed by atoms with E-state index in [9.17, 15) is 0 Å². The lowest BCUT2D eigenvalue weighted by molar-refractivity contribution is -0.231. The predicted molar refractivity (Wildman–Crippen MR) is 46.7 cm³/mol. The van der Waals surface area contributed by atoms with E-state index in [4.69, 9.17) is 4.74 Å². The third kappa shape index (κ3) is 0.882. The van der Waals surface area contributed by atoms with Crippen LogP contribution in [0.15, 0.2) is 0 Å². The zero-order valence-electron chi connectivity index (χ0n) is 7.68. The van der Waals surface area contributed by atoms with E-state index < -0.39 is 0 Å². The summed E-state index contributed by atoms with van der Waals surface area (Å²) in [6.07, 6.45) is 7.25. The Labute approximate surface area is 73.7 Å². The maximum Gasteiger partial charge on any atom is 0.119 e. The van der Waals surface area contributed by atoms with Crippen LogP contribution in [0.3, 0.4) is 0 Å². The van der Waals surface area contributed by atoms with Crippen molar-refractivity contribution >= 4 is 0 Å². The van der Waals surface area contributed by atoms with Crippen molar-refractivity contribution in [1.82, 2.24) is 5.32 Å². The van der Waals surface area contributed by atoms with Crippen LogP contribution in [0.25, 0.3) is 0 Å². The molecule has 4 fully saturated rings. The first-order chi connectivity index (χ1) is 5.80. The van der Waals surface area contributed by atoms with Gasteiger partial charge in [-0.2, -0.15) is 0 Å². The second-order valence-electron chi connectivity index (χ2n) is 4.83. The minimum atomic E-state index is 0.0920. The number of ether oxygens (including phenoxy) is 1. The van der Waals surface area contributed by atoms with Crippen LogP contribution in [0.1, 0.15) is 32.1 Å². The van der Waals surface area contributed by atoms with Gasteiger partial charge in [0.15, 0.2) is 0 Å². The highest BCUT2D eigenvalue weighted by atomic mass is 16.5. The van der Waals surface area contributed by atoms with Gasteiger partial charge in [-0.1, -0.05) is 0 Å². The third-order valence-electron chi connectivity index (χ3n) is 3.94. The van der Waals surface area contributed by atoms with Crippen LogP contribution in [0.2, 0.25) is 0 Å². The van der Waals surface area contributed by atoms with Crippen LogP contribution in [0.5, 0.6) is 0 Å². The largest absolute Gasteiger partial charge is 0.357 e. The Morgan fingerprint density at radius 2 is 1.83 bits per heavy atom. The number of nitrogens with one attached hydrogen (secondary N) is 1. The van der Waals surface area contributed by atoms with Crippen molar-refractivity contribution in [3.63, 3.8) is 0 Å². The number of hydrogen-bond donors (Lipinski definition) is 1. The Hall–Kier alpha value is -0.0800. The number of hydrogen-bond acceptors (Lipinski definition) is 2. The Kier molecular flexibility index (Phi) is 1.37. The molecule has 0 radical (unpaired) electrons. The fourth-order valence-corrected chi connectivity index (χ4v) is 3.63. The molecule has 1 N–H and O–H groups in total. The van der Waals surface area contributed by atoms with Crippen molar-refractivity contribution in [2.45, 2.75) is 43.9 Å². The molecular weight excluding hydrogens is 150 g/mol. The molecule has 2 aliphatic carbocycles. The minimum absolute atomic E-state index is 0.0920. The van der Waals surface area contributed by atoms with Crippen molar-refractivity contribution < 1.29 is 4.74 Å². The van der Waals surface area contributed by atoms with Gasteiger partial charge in [0.2, 0.25) is 0 Å². The highest BCUT2D eigenvalue weighted by molar-refractivity contribution is 4.99. The molecule has 0 spiro atoms. The van der Waals surface area contributed by atoms with E-state index >= 15 is 0 Å². The van der Waals surface area contributed by atoms with Gasteiger partial charge in [-0.15, -0.1) is 0 Å². The molecule has 2 saturated carbocycles. The fourth-order valence-electron chi connectivity index (χ4n) is 3.63. The zero-order chi connectivity index (χ0) is 8.18. The maximum atomic E-state index is 6.05. The smallest absolute Gasteiger partial charge is 0.119 e. The zero-order valence-corrected chi connectivity index (χ0v) is 7.68. The molecule has 0 aromatic heterocycles. The molecule has 4 bridgehead atoms. The van der Waals surface area contributed by atoms with Gasteiger partial charge >= 0.3 is 0 Å². The molecule has 0 unspecified atom stereocenters. The molecule has 0 aromatic rings. The monoisotopic (exact) mass is 167 g/mol. The first kappa shape index (κ1) is 7.34. The molecule has 4 aliphatic rings. The van der Waals surface area contributed by atoms with E-state index in [1.165, 1.54) is 32.1 Å². The van der Waals surface area contributed by atoms with Gasteiger partial charge in [0.25, 0.3) is 0 Å². The lowest BCUT2D eigenvalue weighted by atomic mass is 9.65. The Morgan fingerprint density at radius 3 is 2.33 bits per heavy atom.